The van der Waals surface area contributed by atoms with Gasteiger partial charge in [0.15, 0.2) is 5.17 Å². The molecule has 1 atom stereocenters. The lowest BCUT2D eigenvalue weighted by Crippen LogP contribution is -2.34. The Bertz CT molecular complexity index is 1030. The molecule has 0 saturated carbocycles. The summed E-state index contributed by atoms with van der Waals surface area (Å²) < 4.78 is 5.01. The van der Waals surface area contributed by atoms with E-state index in [1.54, 1.807) is 4.90 Å². The number of thioether (sulfide) groups is 1. The van der Waals surface area contributed by atoms with E-state index in [-0.39, 0.29) is 23.7 Å². The summed E-state index contributed by atoms with van der Waals surface area (Å²) in [5, 5.41) is 13.8. The van der Waals surface area contributed by atoms with E-state index in [0.29, 0.717) is 17.5 Å². The van der Waals surface area contributed by atoms with Crippen molar-refractivity contribution in [2.24, 2.45) is 4.99 Å². The second-order valence-corrected chi connectivity index (χ2v) is 8.24. The highest BCUT2D eigenvalue weighted by atomic mass is 32.2. The average molecular weight is 457 g/mol. The molecule has 0 unspecified atom stereocenters. The van der Waals surface area contributed by atoms with Gasteiger partial charge in [0.05, 0.1) is 23.8 Å². The number of amides is 2. The van der Waals surface area contributed by atoms with Crippen molar-refractivity contribution >= 4 is 45.8 Å². The van der Waals surface area contributed by atoms with E-state index in [9.17, 15) is 19.7 Å². The van der Waals surface area contributed by atoms with Crippen molar-refractivity contribution < 1.29 is 19.2 Å². The van der Waals surface area contributed by atoms with Crippen LogP contribution in [0.25, 0.3) is 0 Å². The molecule has 1 saturated heterocycles. The number of amidine groups is 1. The molecule has 1 aliphatic heterocycles. The van der Waals surface area contributed by atoms with Crippen molar-refractivity contribution in [3.8, 4) is 5.75 Å². The Balaban J connectivity index is 1.75. The number of methoxy groups -OCH3 is 1. The first kappa shape index (κ1) is 23.3. The zero-order valence-electron chi connectivity index (χ0n) is 17.8. The van der Waals surface area contributed by atoms with Crippen LogP contribution in [-0.2, 0) is 9.59 Å². The molecule has 0 aromatic heterocycles. The largest absolute Gasteiger partial charge is 0.496 e. The quantitative estimate of drug-likeness (QED) is 0.443. The van der Waals surface area contributed by atoms with Crippen molar-refractivity contribution in [3.63, 3.8) is 0 Å². The fourth-order valence-electron chi connectivity index (χ4n) is 3.12. The standard InChI is InChI=1S/C22H24N4O5S/c1-3-4-12-25-21(28)19(32-22(25)23-15-8-6-5-7-9-15)14-20(27)24-17-11-10-16(31-2)13-18(17)26(29)30/h5-11,13,19H,3-4,12,14H2,1-2H3,(H,24,27)/t19-/m0/s1. The minimum Gasteiger partial charge on any atom is -0.496 e. The molecule has 32 heavy (non-hydrogen) atoms. The molecule has 2 amide bonds. The number of carbonyl (C=O) groups is 2. The molecule has 1 heterocycles. The number of nitrogens with zero attached hydrogens (tertiary/aromatic N) is 3. The molecule has 9 nitrogen and oxygen atoms in total. The van der Waals surface area contributed by atoms with E-state index in [4.69, 9.17) is 4.74 Å². The molecule has 1 fully saturated rings. The van der Waals surface area contributed by atoms with Crippen LogP contribution in [0.15, 0.2) is 53.5 Å². The molecular weight excluding hydrogens is 432 g/mol. The van der Waals surface area contributed by atoms with Gasteiger partial charge in [0.1, 0.15) is 16.7 Å². The van der Waals surface area contributed by atoms with Crippen LogP contribution in [0.3, 0.4) is 0 Å². The predicted molar refractivity (Wildman–Crippen MR) is 124 cm³/mol. The summed E-state index contributed by atoms with van der Waals surface area (Å²) in [6, 6.07) is 13.5. The summed E-state index contributed by atoms with van der Waals surface area (Å²) >= 11 is 1.24. The molecule has 2 aromatic rings. The van der Waals surface area contributed by atoms with Gasteiger partial charge in [-0.2, -0.15) is 0 Å². The van der Waals surface area contributed by atoms with E-state index < -0.39 is 16.1 Å². The van der Waals surface area contributed by atoms with Crippen LogP contribution >= 0.6 is 11.8 Å². The van der Waals surface area contributed by atoms with Crippen molar-refractivity contribution in [2.45, 2.75) is 31.4 Å². The van der Waals surface area contributed by atoms with Gasteiger partial charge in [0.25, 0.3) is 5.69 Å². The van der Waals surface area contributed by atoms with Gasteiger partial charge in [0, 0.05) is 13.0 Å². The van der Waals surface area contributed by atoms with Crippen LogP contribution in [0.1, 0.15) is 26.2 Å². The van der Waals surface area contributed by atoms with Gasteiger partial charge in [0.2, 0.25) is 11.8 Å². The number of benzene rings is 2. The maximum absolute atomic E-state index is 13.0. The number of nitro benzene ring substituents is 1. The fourth-order valence-corrected chi connectivity index (χ4v) is 4.31. The third kappa shape index (κ3) is 5.64. The first-order valence-electron chi connectivity index (χ1n) is 10.2. The molecule has 0 aliphatic carbocycles. The van der Waals surface area contributed by atoms with Gasteiger partial charge in [-0.15, -0.1) is 0 Å². The monoisotopic (exact) mass is 456 g/mol. The van der Waals surface area contributed by atoms with Gasteiger partial charge in [-0.05, 0) is 30.7 Å². The number of anilines is 1. The van der Waals surface area contributed by atoms with Crippen LogP contribution in [-0.4, -0.2) is 45.7 Å². The molecule has 10 heteroatoms. The highest BCUT2D eigenvalue weighted by Gasteiger charge is 2.39. The number of aliphatic imine (C=N–C) groups is 1. The van der Waals surface area contributed by atoms with E-state index in [1.807, 2.05) is 37.3 Å². The van der Waals surface area contributed by atoms with Crippen LogP contribution < -0.4 is 10.1 Å². The molecule has 168 valence electrons. The number of ether oxygens (including phenoxy) is 1. The third-order valence-electron chi connectivity index (χ3n) is 4.78. The molecule has 0 spiro atoms. The van der Waals surface area contributed by atoms with Gasteiger partial charge in [-0.25, -0.2) is 4.99 Å². The van der Waals surface area contributed by atoms with Gasteiger partial charge < -0.3 is 10.1 Å². The average Bonchev–Trinajstić information content (AvgIpc) is 3.06. The smallest absolute Gasteiger partial charge is 0.296 e. The molecule has 0 radical (unpaired) electrons. The molecule has 2 aromatic carbocycles. The van der Waals surface area contributed by atoms with Crippen LogP contribution in [0, 0.1) is 10.1 Å². The number of rotatable bonds is 9. The Kier molecular flexibility index (Phi) is 7.82. The highest BCUT2D eigenvalue weighted by Crippen LogP contribution is 2.33. The Morgan fingerprint density at radius 3 is 2.69 bits per heavy atom. The molecule has 1 aliphatic rings. The van der Waals surface area contributed by atoms with Crippen molar-refractivity contribution in [3.05, 3.63) is 58.6 Å². The highest BCUT2D eigenvalue weighted by molar-refractivity contribution is 8.15. The Morgan fingerprint density at radius 2 is 2.03 bits per heavy atom. The maximum atomic E-state index is 13.0. The van der Waals surface area contributed by atoms with Crippen LogP contribution in [0.2, 0.25) is 0 Å². The first-order chi connectivity index (χ1) is 15.4. The van der Waals surface area contributed by atoms with Crippen molar-refractivity contribution in [1.82, 2.24) is 4.90 Å². The van der Waals surface area contributed by atoms with Crippen LogP contribution in [0.4, 0.5) is 17.1 Å². The van der Waals surface area contributed by atoms with Gasteiger partial charge in [-0.3, -0.25) is 24.6 Å². The molecule has 3 rings (SSSR count). The van der Waals surface area contributed by atoms with Gasteiger partial charge >= 0.3 is 0 Å². The van der Waals surface area contributed by atoms with E-state index in [2.05, 4.69) is 10.3 Å². The summed E-state index contributed by atoms with van der Waals surface area (Å²) in [7, 11) is 1.40. The zero-order chi connectivity index (χ0) is 23.1. The summed E-state index contributed by atoms with van der Waals surface area (Å²) in [4.78, 5) is 42.6. The minimum atomic E-state index is -0.647. The lowest BCUT2D eigenvalue weighted by atomic mass is 10.2. The number of para-hydroxylation sites is 1. The lowest BCUT2D eigenvalue weighted by Gasteiger charge is -2.15. The Hall–Kier alpha value is -3.40. The number of nitrogens with one attached hydrogen (secondary N) is 1. The Morgan fingerprint density at radius 1 is 1.28 bits per heavy atom. The first-order valence-corrected chi connectivity index (χ1v) is 11.0. The number of hydrogen-bond donors (Lipinski definition) is 1. The second-order valence-electron chi connectivity index (χ2n) is 7.07. The molecule has 0 bridgehead atoms. The number of unbranched alkanes of at least 4 members (excludes halogenated alkanes) is 1. The normalized spacial score (nSPS) is 16.9. The van der Waals surface area contributed by atoms with E-state index in [0.717, 1.165) is 18.5 Å². The van der Waals surface area contributed by atoms with Crippen molar-refractivity contribution in [1.29, 1.82) is 0 Å². The SMILES string of the molecule is CCCCN1C(=O)[C@H](CC(=O)Nc2ccc(OC)cc2[N+](=O)[O-])SC1=Nc1ccccc1. The van der Waals surface area contributed by atoms with Crippen LogP contribution in [0.5, 0.6) is 5.75 Å². The van der Waals surface area contributed by atoms with E-state index >= 15 is 0 Å². The minimum absolute atomic E-state index is 0.0530. The molecular formula is C22H24N4O5S. The predicted octanol–water partition coefficient (Wildman–Crippen LogP) is 4.36. The Labute approximate surface area is 190 Å². The van der Waals surface area contributed by atoms with E-state index in [1.165, 1.54) is 37.1 Å². The lowest BCUT2D eigenvalue weighted by molar-refractivity contribution is -0.384. The van der Waals surface area contributed by atoms with Gasteiger partial charge in [-0.1, -0.05) is 43.3 Å². The summed E-state index contributed by atoms with van der Waals surface area (Å²) in [6.45, 7) is 2.56. The zero-order valence-corrected chi connectivity index (χ0v) is 18.6. The second kappa shape index (κ2) is 10.8. The topological polar surface area (TPSA) is 114 Å². The maximum Gasteiger partial charge on any atom is 0.296 e. The third-order valence-corrected chi connectivity index (χ3v) is 5.96. The molecule has 1 N–H and O–H groups in total. The number of hydrogen-bond acceptors (Lipinski definition) is 7. The summed E-state index contributed by atoms with van der Waals surface area (Å²) in [6.07, 6.45) is 1.61. The summed E-state index contributed by atoms with van der Waals surface area (Å²) in [5.41, 5.74) is 0.500. The van der Waals surface area contributed by atoms with Crippen molar-refractivity contribution in [2.75, 3.05) is 19.0 Å². The number of nitro groups is 1. The fraction of sp³-hybridized carbons (Fsp3) is 0.318. The summed E-state index contributed by atoms with van der Waals surface area (Å²) in [5.74, 6) is -0.359. The number of carbonyl (C=O) groups excluding carboxylic acids is 2.